The standard InChI is InChI=1S/C16H15ClN2O/c1-12-4-2-5-13(10-12)8-9-18-16(20)19-15-7-3-6-14(17)11-15/h2-11H,1H3,(H2,18,19,20)/b9-8+. The summed E-state index contributed by atoms with van der Waals surface area (Å²) < 4.78 is 0. The predicted octanol–water partition coefficient (Wildman–Crippen LogP) is 4.44. The second kappa shape index (κ2) is 6.78. The lowest BCUT2D eigenvalue weighted by atomic mass is 10.1. The van der Waals surface area contributed by atoms with Crippen molar-refractivity contribution in [1.29, 1.82) is 0 Å². The van der Waals surface area contributed by atoms with Gasteiger partial charge in [0, 0.05) is 16.9 Å². The van der Waals surface area contributed by atoms with Crippen molar-refractivity contribution in [3.8, 4) is 0 Å². The Morgan fingerprint density at radius 1 is 1.15 bits per heavy atom. The molecule has 2 aromatic carbocycles. The van der Waals surface area contributed by atoms with Gasteiger partial charge < -0.3 is 10.6 Å². The maximum absolute atomic E-state index is 11.7. The van der Waals surface area contributed by atoms with Crippen molar-refractivity contribution in [2.75, 3.05) is 5.32 Å². The van der Waals surface area contributed by atoms with Gasteiger partial charge in [0.05, 0.1) is 0 Å². The molecule has 0 saturated carbocycles. The number of urea groups is 1. The van der Waals surface area contributed by atoms with Crippen LogP contribution in [0.25, 0.3) is 6.08 Å². The van der Waals surface area contributed by atoms with Crippen LogP contribution in [0.2, 0.25) is 5.02 Å². The average Bonchev–Trinajstić information content (AvgIpc) is 2.38. The van der Waals surface area contributed by atoms with E-state index in [0.717, 1.165) is 5.56 Å². The van der Waals surface area contributed by atoms with Crippen LogP contribution in [0.3, 0.4) is 0 Å². The number of aryl methyl sites for hydroxylation is 1. The third kappa shape index (κ3) is 4.44. The molecule has 2 rings (SSSR count). The Morgan fingerprint density at radius 2 is 1.95 bits per heavy atom. The summed E-state index contributed by atoms with van der Waals surface area (Å²) in [5, 5.41) is 5.92. The largest absolute Gasteiger partial charge is 0.323 e. The number of rotatable bonds is 3. The van der Waals surface area contributed by atoms with Gasteiger partial charge in [-0.05, 0) is 36.8 Å². The van der Waals surface area contributed by atoms with Crippen molar-refractivity contribution >= 4 is 29.4 Å². The minimum atomic E-state index is -0.309. The second-order valence-electron chi connectivity index (χ2n) is 4.36. The molecule has 4 heteroatoms. The van der Waals surface area contributed by atoms with E-state index in [9.17, 15) is 4.79 Å². The maximum atomic E-state index is 11.7. The van der Waals surface area contributed by atoms with E-state index in [-0.39, 0.29) is 6.03 Å². The molecular formula is C16H15ClN2O. The molecule has 3 nitrogen and oxygen atoms in total. The lowest BCUT2D eigenvalue weighted by Crippen LogP contribution is -2.23. The van der Waals surface area contributed by atoms with Gasteiger partial charge >= 0.3 is 6.03 Å². The molecule has 0 saturated heterocycles. The Kier molecular flexibility index (Phi) is 4.80. The zero-order valence-corrected chi connectivity index (χ0v) is 11.8. The first kappa shape index (κ1) is 14.2. The Labute approximate surface area is 123 Å². The SMILES string of the molecule is Cc1cccc(/C=C/NC(=O)Nc2cccc(Cl)c2)c1. The Morgan fingerprint density at radius 3 is 2.70 bits per heavy atom. The Bertz CT molecular complexity index is 638. The van der Waals surface area contributed by atoms with Crippen LogP contribution in [0, 0.1) is 6.92 Å². The minimum Gasteiger partial charge on any atom is -0.314 e. The van der Waals surface area contributed by atoms with E-state index in [0.29, 0.717) is 10.7 Å². The van der Waals surface area contributed by atoms with E-state index in [4.69, 9.17) is 11.6 Å². The first-order valence-corrected chi connectivity index (χ1v) is 6.57. The van der Waals surface area contributed by atoms with E-state index < -0.39 is 0 Å². The number of anilines is 1. The van der Waals surface area contributed by atoms with Gasteiger partial charge in [0.2, 0.25) is 0 Å². The van der Waals surface area contributed by atoms with Crippen LogP contribution in [0.5, 0.6) is 0 Å². The third-order valence-electron chi connectivity index (χ3n) is 2.61. The molecule has 0 heterocycles. The monoisotopic (exact) mass is 286 g/mol. The van der Waals surface area contributed by atoms with Crippen molar-refractivity contribution in [3.63, 3.8) is 0 Å². The molecule has 20 heavy (non-hydrogen) atoms. The quantitative estimate of drug-likeness (QED) is 0.860. The van der Waals surface area contributed by atoms with Crippen LogP contribution in [0.15, 0.2) is 54.7 Å². The molecule has 0 aliphatic rings. The second-order valence-corrected chi connectivity index (χ2v) is 4.79. The fourth-order valence-electron chi connectivity index (χ4n) is 1.72. The van der Waals surface area contributed by atoms with Gasteiger partial charge in [-0.15, -0.1) is 0 Å². The normalized spacial score (nSPS) is 10.5. The van der Waals surface area contributed by atoms with Gasteiger partial charge in [0.25, 0.3) is 0 Å². The predicted molar refractivity (Wildman–Crippen MR) is 83.8 cm³/mol. The number of carbonyl (C=O) groups is 1. The van der Waals surface area contributed by atoms with Crippen molar-refractivity contribution in [2.45, 2.75) is 6.92 Å². The Balaban J connectivity index is 1.89. The zero-order valence-electron chi connectivity index (χ0n) is 11.1. The van der Waals surface area contributed by atoms with Crippen LogP contribution in [-0.2, 0) is 0 Å². The van der Waals surface area contributed by atoms with Crippen molar-refractivity contribution in [1.82, 2.24) is 5.32 Å². The third-order valence-corrected chi connectivity index (χ3v) is 2.85. The number of nitrogens with one attached hydrogen (secondary N) is 2. The van der Waals surface area contributed by atoms with Gasteiger partial charge in [-0.25, -0.2) is 4.79 Å². The fourth-order valence-corrected chi connectivity index (χ4v) is 1.91. The molecule has 0 aliphatic carbocycles. The van der Waals surface area contributed by atoms with Crippen LogP contribution in [0.4, 0.5) is 10.5 Å². The summed E-state index contributed by atoms with van der Waals surface area (Å²) in [6, 6.07) is 14.7. The lowest BCUT2D eigenvalue weighted by molar-refractivity contribution is 0.255. The van der Waals surface area contributed by atoms with E-state index in [1.165, 1.54) is 5.56 Å². The molecular weight excluding hydrogens is 272 g/mol. The number of hydrogen-bond acceptors (Lipinski definition) is 1. The minimum absolute atomic E-state index is 0.309. The first-order valence-electron chi connectivity index (χ1n) is 6.20. The molecule has 0 unspecified atom stereocenters. The van der Waals surface area contributed by atoms with Crippen LogP contribution in [-0.4, -0.2) is 6.03 Å². The molecule has 2 aromatic rings. The van der Waals surface area contributed by atoms with Crippen LogP contribution < -0.4 is 10.6 Å². The molecule has 102 valence electrons. The van der Waals surface area contributed by atoms with Crippen molar-refractivity contribution < 1.29 is 4.79 Å². The summed E-state index contributed by atoms with van der Waals surface area (Å²) in [7, 11) is 0. The van der Waals surface area contributed by atoms with Crippen LogP contribution >= 0.6 is 11.6 Å². The smallest absolute Gasteiger partial charge is 0.314 e. The molecule has 0 aliphatic heterocycles. The van der Waals surface area contributed by atoms with Gasteiger partial charge in [0.1, 0.15) is 0 Å². The van der Waals surface area contributed by atoms with Gasteiger partial charge in [-0.1, -0.05) is 47.5 Å². The summed E-state index contributed by atoms with van der Waals surface area (Å²) in [6.07, 6.45) is 3.44. The highest BCUT2D eigenvalue weighted by molar-refractivity contribution is 6.30. The summed E-state index contributed by atoms with van der Waals surface area (Å²) in [4.78, 5) is 11.7. The number of halogens is 1. The van der Waals surface area contributed by atoms with Crippen LogP contribution in [0.1, 0.15) is 11.1 Å². The molecule has 0 radical (unpaired) electrons. The topological polar surface area (TPSA) is 41.1 Å². The molecule has 0 spiro atoms. The number of carbonyl (C=O) groups excluding carboxylic acids is 1. The van der Waals surface area contributed by atoms with E-state index >= 15 is 0 Å². The van der Waals surface area contributed by atoms with Crippen molar-refractivity contribution in [2.24, 2.45) is 0 Å². The Hall–Kier alpha value is -2.26. The zero-order chi connectivity index (χ0) is 14.4. The summed E-state index contributed by atoms with van der Waals surface area (Å²) >= 11 is 5.84. The summed E-state index contributed by atoms with van der Waals surface area (Å²) in [5.74, 6) is 0. The highest BCUT2D eigenvalue weighted by Crippen LogP contribution is 2.14. The summed E-state index contributed by atoms with van der Waals surface area (Å²) in [6.45, 7) is 2.02. The van der Waals surface area contributed by atoms with E-state index in [2.05, 4.69) is 10.6 Å². The highest BCUT2D eigenvalue weighted by atomic mass is 35.5. The first-order chi connectivity index (χ1) is 9.63. The molecule has 0 fully saturated rings. The number of amides is 2. The van der Waals surface area contributed by atoms with Gasteiger partial charge in [-0.3, -0.25) is 0 Å². The van der Waals surface area contributed by atoms with Gasteiger partial charge in [-0.2, -0.15) is 0 Å². The van der Waals surface area contributed by atoms with Gasteiger partial charge in [0.15, 0.2) is 0 Å². The molecule has 0 bridgehead atoms. The number of hydrogen-bond donors (Lipinski definition) is 2. The molecule has 0 atom stereocenters. The van der Waals surface area contributed by atoms with E-state index in [1.807, 2.05) is 37.3 Å². The van der Waals surface area contributed by atoms with Crippen molar-refractivity contribution in [3.05, 3.63) is 70.9 Å². The summed E-state index contributed by atoms with van der Waals surface area (Å²) in [5.41, 5.74) is 2.86. The number of benzene rings is 2. The molecule has 2 N–H and O–H groups in total. The maximum Gasteiger partial charge on any atom is 0.323 e. The van der Waals surface area contributed by atoms with E-state index in [1.54, 1.807) is 30.5 Å². The molecule has 0 aromatic heterocycles. The molecule has 2 amide bonds. The fraction of sp³-hybridized carbons (Fsp3) is 0.0625. The highest BCUT2D eigenvalue weighted by Gasteiger charge is 1.99. The average molecular weight is 287 g/mol. The lowest BCUT2D eigenvalue weighted by Gasteiger charge is -2.04.